The number of thiocarbonyl (C=S) groups is 1. The zero-order valence-electron chi connectivity index (χ0n) is 12.0. The van der Waals surface area contributed by atoms with Crippen molar-refractivity contribution in [2.75, 3.05) is 5.32 Å². The standard InChI is InChI=1S/C16H19N3S/c1-10(2)13-6-4-5-7-14(13)19-15-9-12(16(17)20)8-11(3)18-15/h4-10H,1-3H3,(H2,17,20)(H,18,19). The maximum atomic E-state index is 5.70. The van der Waals surface area contributed by atoms with Crippen LogP contribution in [0.25, 0.3) is 0 Å². The fourth-order valence-electron chi connectivity index (χ4n) is 2.13. The van der Waals surface area contributed by atoms with Crippen molar-refractivity contribution in [3.63, 3.8) is 0 Å². The number of aromatic nitrogens is 1. The molecule has 1 aromatic carbocycles. The monoisotopic (exact) mass is 285 g/mol. The highest BCUT2D eigenvalue weighted by Gasteiger charge is 2.08. The molecule has 0 atom stereocenters. The summed E-state index contributed by atoms with van der Waals surface area (Å²) in [5.74, 6) is 1.21. The predicted molar refractivity (Wildman–Crippen MR) is 88.7 cm³/mol. The molecular formula is C16H19N3S. The molecule has 0 spiro atoms. The van der Waals surface area contributed by atoms with E-state index < -0.39 is 0 Å². The molecule has 104 valence electrons. The molecule has 3 nitrogen and oxygen atoms in total. The molecule has 1 heterocycles. The Hall–Kier alpha value is -1.94. The third-order valence-corrected chi connectivity index (χ3v) is 3.32. The molecule has 0 bridgehead atoms. The lowest BCUT2D eigenvalue weighted by molar-refractivity contribution is 0.869. The number of anilines is 2. The SMILES string of the molecule is Cc1cc(C(N)=S)cc(Nc2ccccc2C(C)C)n1. The molecule has 2 rings (SSSR count). The average molecular weight is 285 g/mol. The van der Waals surface area contributed by atoms with Crippen molar-refractivity contribution in [3.8, 4) is 0 Å². The molecule has 0 aliphatic carbocycles. The van der Waals surface area contributed by atoms with Gasteiger partial charge in [-0.1, -0.05) is 44.3 Å². The molecule has 0 aliphatic rings. The van der Waals surface area contributed by atoms with E-state index in [2.05, 4.69) is 36.3 Å². The quantitative estimate of drug-likeness (QED) is 0.837. The summed E-state index contributed by atoms with van der Waals surface area (Å²) in [6.45, 7) is 6.27. The van der Waals surface area contributed by atoms with E-state index in [0.29, 0.717) is 10.9 Å². The third kappa shape index (κ3) is 3.33. The summed E-state index contributed by atoms with van der Waals surface area (Å²) in [5.41, 5.74) is 9.74. The number of aryl methyl sites for hydroxylation is 1. The van der Waals surface area contributed by atoms with Gasteiger partial charge in [0, 0.05) is 16.9 Å². The molecule has 0 fully saturated rings. The minimum atomic E-state index is 0.385. The molecule has 0 unspecified atom stereocenters. The maximum Gasteiger partial charge on any atom is 0.131 e. The van der Waals surface area contributed by atoms with Crippen LogP contribution in [0.5, 0.6) is 0 Å². The van der Waals surface area contributed by atoms with Crippen molar-refractivity contribution >= 4 is 28.7 Å². The average Bonchev–Trinajstić information content (AvgIpc) is 2.38. The normalized spacial score (nSPS) is 10.6. The summed E-state index contributed by atoms with van der Waals surface area (Å²) in [6.07, 6.45) is 0. The van der Waals surface area contributed by atoms with Gasteiger partial charge in [-0.3, -0.25) is 0 Å². The lowest BCUT2D eigenvalue weighted by atomic mass is 10.0. The maximum absolute atomic E-state index is 5.70. The van der Waals surface area contributed by atoms with Crippen molar-refractivity contribution in [2.24, 2.45) is 5.73 Å². The van der Waals surface area contributed by atoms with Crippen molar-refractivity contribution in [1.29, 1.82) is 0 Å². The molecule has 0 saturated carbocycles. The van der Waals surface area contributed by atoms with Gasteiger partial charge in [0.2, 0.25) is 0 Å². The Kier molecular flexibility index (Phi) is 4.35. The fourth-order valence-corrected chi connectivity index (χ4v) is 2.24. The van der Waals surface area contributed by atoms with Crippen molar-refractivity contribution in [3.05, 3.63) is 53.2 Å². The zero-order valence-corrected chi connectivity index (χ0v) is 12.8. The van der Waals surface area contributed by atoms with Crippen molar-refractivity contribution in [1.82, 2.24) is 4.98 Å². The summed E-state index contributed by atoms with van der Waals surface area (Å²) in [5, 5.41) is 3.36. The molecule has 1 aromatic heterocycles. The molecule has 0 saturated heterocycles. The lowest BCUT2D eigenvalue weighted by Gasteiger charge is -2.15. The predicted octanol–water partition coefficient (Wildman–Crippen LogP) is 3.89. The van der Waals surface area contributed by atoms with E-state index in [9.17, 15) is 0 Å². The molecule has 3 N–H and O–H groups in total. The van der Waals surface area contributed by atoms with Crippen LogP contribution in [0.15, 0.2) is 36.4 Å². The van der Waals surface area contributed by atoms with E-state index >= 15 is 0 Å². The summed E-state index contributed by atoms with van der Waals surface area (Å²) in [6, 6.07) is 12.0. The summed E-state index contributed by atoms with van der Waals surface area (Å²) < 4.78 is 0. The van der Waals surface area contributed by atoms with E-state index in [1.54, 1.807) is 0 Å². The first-order chi connectivity index (χ1) is 9.47. The second-order valence-corrected chi connectivity index (χ2v) is 5.55. The van der Waals surface area contributed by atoms with Gasteiger partial charge in [-0.25, -0.2) is 4.98 Å². The van der Waals surface area contributed by atoms with Gasteiger partial charge < -0.3 is 11.1 Å². The van der Waals surface area contributed by atoms with Crippen molar-refractivity contribution in [2.45, 2.75) is 26.7 Å². The van der Waals surface area contributed by atoms with Gasteiger partial charge in [-0.05, 0) is 36.6 Å². The van der Waals surface area contributed by atoms with Crippen LogP contribution in [0.4, 0.5) is 11.5 Å². The molecule has 2 aromatic rings. The summed E-state index contributed by atoms with van der Waals surface area (Å²) in [4.78, 5) is 4.87. The summed E-state index contributed by atoms with van der Waals surface area (Å²) in [7, 11) is 0. The minimum absolute atomic E-state index is 0.385. The molecule has 0 radical (unpaired) electrons. The van der Waals surface area contributed by atoms with Crippen LogP contribution in [0.2, 0.25) is 0 Å². The van der Waals surface area contributed by atoms with Gasteiger partial charge in [-0.15, -0.1) is 0 Å². The largest absolute Gasteiger partial charge is 0.389 e. The van der Waals surface area contributed by atoms with E-state index in [1.807, 2.05) is 31.2 Å². The highest BCUT2D eigenvalue weighted by Crippen LogP contribution is 2.26. The number of rotatable bonds is 4. The smallest absolute Gasteiger partial charge is 0.131 e. The number of pyridine rings is 1. The van der Waals surface area contributed by atoms with Crippen molar-refractivity contribution < 1.29 is 0 Å². The number of nitrogens with two attached hydrogens (primary N) is 1. The van der Waals surface area contributed by atoms with Gasteiger partial charge in [-0.2, -0.15) is 0 Å². The van der Waals surface area contributed by atoms with Gasteiger partial charge in [0.25, 0.3) is 0 Å². The van der Waals surface area contributed by atoms with Gasteiger partial charge in [0.15, 0.2) is 0 Å². The first kappa shape index (κ1) is 14.5. The third-order valence-electron chi connectivity index (χ3n) is 3.08. The second kappa shape index (κ2) is 6.01. The van der Waals surface area contributed by atoms with E-state index in [0.717, 1.165) is 22.8 Å². The van der Waals surface area contributed by atoms with Crippen LogP contribution in [-0.2, 0) is 0 Å². The Bertz CT molecular complexity index is 635. The lowest BCUT2D eigenvalue weighted by Crippen LogP contribution is -2.11. The first-order valence-corrected chi connectivity index (χ1v) is 7.02. The van der Waals surface area contributed by atoms with Crippen LogP contribution < -0.4 is 11.1 Å². The van der Waals surface area contributed by atoms with Gasteiger partial charge in [0.05, 0.1) is 0 Å². The van der Waals surface area contributed by atoms with E-state index in [-0.39, 0.29) is 0 Å². The van der Waals surface area contributed by atoms with Gasteiger partial charge >= 0.3 is 0 Å². The Morgan fingerprint density at radius 3 is 2.60 bits per heavy atom. The number of para-hydroxylation sites is 1. The Morgan fingerprint density at radius 2 is 1.95 bits per heavy atom. The number of nitrogens with zero attached hydrogens (tertiary/aromatic N) is 1. The molecule has 20 heavy (non-hydrogen) atoms. The van der Waals surface area contributed by atoms with Crippen LogP contribution in [-0.4, -0.2) is 9.97 Å². The van der Waals surface area contributed by atoms with Gasteiger partial charge in [0.1, 0.15) is 10.8 Å². The zero-order chi connectivity index (χ0) is 14.7. The summed E-state index contributed by atoms with van der Waals surface area (Å²) >= 11 is 5.04. The number of hydrogen-bond donors (Lipinski definition) is 2. The Balaban J connectivity index is 2.37. The number of benzene rings is 1. The Labute approximate surface area is 125 Å². The highest BCUT2D eigenvalue weighted by molar-refractivity contribution is 7.80. The second-order valence-electron chi connectivity index (χ2n) is 5.11. The van der Waals surface area contributed by atoms with E-state index in [4.69, 9.17) is 18.0 Å². The molecule has 0 amide bonds. The number of hydrogen-bond acceptors (Lipinski definition) is 3. The van der Waals surface area contributed by atoms with Crippen LogP contribution in [0.3, 0.4) is 0 Å². The topological polar surface area (TPSA) is 50.9 Å². The highest BCUT2D eigenvalue weighted by atomic mass is 32.1. The Morgan fingerprint density at radius 1 is 1.25 bits per heavy atom. The van der Waals surface area contributed by atoms with Crippen LogP contribution in [0, 0.1) is 6.92 Å². The minimum Gasteiger partial charge on any atom is -0.389 e. The first-order valence-electron chi connectivity index (χ1n) is 6.62. The fraction of sp³-hybridized carbons (Fsp3) is 0.250. The van der Waals surface area contributed by atoms with Crippen LogP contribution in [0.1, 0.15) is 36.6 Å². The number of nitrogens with one attached hydrogen (secondary N) is 1. The molecule has 4 heteroatoms. The molecular weight excluding hydrogens is 266 g/mol. The van der Waals surface area contributed by atoms with E-state index in [1.165, 1.54) is 5.56 Å². The van der Waals surface area contributed by atoms with Crippen LogP contribution >= 0.6 is 12.2 Å². The molecule has 0 aliphatic heterocycles.